The van der Waals surface area contributed by atoms with Gasteiger partial charge in [0.05, 0.1) is 5.75 Å². The van der Waals surface area contributed by atoms with Gasteiger partial charge in [0.1, 0.15) is 0 Å². The fourth-order valence-electron chi connectivity index (χ4n) is 1.79. The maximum Gasteiger partial charge on any atom is 0.230 e. The van der Waals surface area contributed by atoms with E-state index >= 15 is 0 Å². The minimum Gasteiger partial charge on any atom is -0.355 e. The number of amides is 1. The van der Waals surface area contributed by atoms with E-state index in [0.29, 0.717) is 11.0 Å². The summed E-state index contributed by atoms with van der Waals surface area (Å²) in [4.78, 5) is 11.5. The van der Waals surface area contributed by atoms with Crippen LogP contribution < -0.4 is 10.6 Å². The van der Waals surface area contributed by atoms with Crippen molar-refractivity contribution >= 4 is 17.7 Å². The molecule has 0 aromatic heterocycles. The number of hydrogen-bond acceptors (Lipinski definition) is 3. The van der Waals surface area contributed by atoms with Crippen molar-refractivity contribution in [2.24, 2.45) is 5.92 Å². The molecule has 2 N–H and O–H groups in total. The van der Waals surface area contributed by atoms with Gasteiger partial charge < -0.3 is 10.6 Å². The van der Waals surface area contributed by atoms with E-state index < -0.39 is 0 Å². The van der Waals surface area contributed by atoms with Crippen molar-refractivity contribution in [3.05, 3.63) is 0 Å². The van der Waals surface area contributed by atoms with Crippen molar-refractivity contribution in [3.63, 3.8) is 0 Å². The van der Waals surface area contributed by atoms with Crippen molar-refractivity contribution in [2.45, 2.75) is 30.9 Å². The zero-order valence-electron chi connectivity index (χ0n) is 9.13. The SMILES string of the molecule is O=C(CSC1CCNCC1)NCC1CC1. The number of thioether (sulfide) groups is 1. The van der Waals surface area contributed by atoms with Gasteiger partial charge in [-0.05, 0) is 44.7 Å². The number of nitrogens with one attached hydrogen (secondary N) is 2. The van der Waals surface area contributed by atoms with E-state index in [-0.39, 0.29) is 5.91 Å². The van der Waals surface area contributed by atoms with Gasteiger partial charge in [-0.15, -0.1) is 11.8 Å². The van der Waals surface area contributed by atoms with Crippen molar-refractivity contribution in [3.8, 4) is 0 Å². The van der Waals surface area contributed by atoms with E-state index in [0.717, 1.165) is 25.6 Å². The summed E-state index contributed by atoms with van der Waals surface area (Å²) in [5.74, 6) is 1.67. The second-order valence-corrected chi connectivity index (χ2v) is 5.80. The van der Waals surface area contributed by atoms with Crippen LogP contribution >= 0.6 is 11.8 Å². The van der Waals surface area contributed by atoms with Crippen LogP contribution in [-0.4, -0.2) is 36.5 Å². The van der Waals surface area contributed by atoms with Gasteiger partial charge in [0.15, 0.2) is 0 Å². The Kier molecular flexibility index (Phi) is 4.32. The second-order valence-electron chi connectivity index (χ2n) is 4.51. The zero-order valence-corrected chi connectivity index (χ0v) is 9.94. The van der Waals surface area contributed by atoms with Gasteiger partial charge in [-0.3, -0.25) is 4.79 Å². The van der Waals surface area contributed by atoms with Gasteiger partial charge in [0, 0.05) is 11.8 Å². The van der Waals surface area contributed by atoms with Gasteiger partial charge in [-0.1, -0.05) is 0 Å². The highest BCUT2D eigenvalue weighted by Gasteiger charge is 2.22. The Balaban J connectivity index is 1.53. The van der Waals surface area contributed by atoms with Crippen LogP contribution in [0.5, 0.6) is 0 Å². The quantitative estimate of drug-likeness (QED) is 0.737. The molecule has 1 aliphatic carbocycles. The molecule has 1 saturated heterocycles. The molecular weight excluding hydrogens is 208 g/mol. The average Bonchev–Trinajstić information content (AvgIpc) is 3.09. The Morgan fingerprint density at radius 1 is 1.27 bits per heavy atom. The van der Waals surface area contributed by atoms with Crippen molar-refractivity contribution in [2.75, 3.05) is 25.4 Å². The van der Waals surface area contributed by atoms with Gasteiger partial charge in [-0.25, -0.2) is 0 Å². The van der Waals surface area contributed by atoms with E-state index in [1.165, 1.54) is 25.7 Å². The third kappa shape index (κ3) is 4.43. The van der Waals surface area contributed by atoms with Crippen LogP contribution in [0.2, 0.25) is 0 Å². The van der Waals surface area contributed by atoms with Gasteiger partial charge in [0.2, 0.25) is 5.91 Å². The molecule has 0 bridgehead atoms. The number of carbonyl (C=O) groups excluding carboxylic acids is 1. The molecule has 0 spiro atoms. The highest BCUT2D eigenvalue weighted by atomic mass is 32.2. The summed E-state index contributed by atoms with van der Waals surface area (Å²) in [6, 6.07) is 0. The van der Waals surface area contributed by atoms with Crippen LogP contribution in [0.15, 0.2) is 0 Å². The maximum absolute atomic E-state index is 11.5. The molecular formula is C11H20N2OS. The molecule has 2 rings (SSSR count). The second kappa shape index (κ2) is 5.75. The summed E-state index contributed by atoms with van der Waals surface area (Å²) >= 11 is 1.83. The van der Waals surface area contributed by atoms with Gasteiger partial charge in [-0.2, -0.15) is 0 Å². The molecule has 0 unspecified atom stereocenters. The fourth-order valence-corrected chi connectivity index (χ4v) is 2.84. The molecule has 86 valence electrons. The largest absolute Gasteiger partial charge is 0.355 e. The lowest BCUT2D eigenvalue weighted by Gasteiger charge is -2.21. The van der Waals surface area contributed by atoms with E-state index in [1.807, 2.05) is 11.8 Å². The standard InChI is InChI=1S/C11H20N2OS/c14-11(13-7-9-1-2-9)8-15-10-3-5-12-6-4-10/h9-10,12H,1-8H2,(H,13,14). The smallest absolute Gasteiger partial charge is 0.230 e. The topological polar surface area (TPSA) is 41.1 Å². The van der Waals surface area contributed by atoms with Crippen LogP contribution in [0.1, 0.15) is 25.7 Å². The minimum atomic E-state index is 0.227. The molecule has 1 amide bonds. The van der Waals surface area contributed by atoms with Crippen LogP contribution in [0.3, 0.4) is 0 Å². The first kappa shape index (κ1) is 11.3. The fraction of sp³-hybridized carbons (Fsp3) is 0.909. The third-order valence-electron chi connectivity index (χ3n) is 3.02. The highest BCUT2D eigenvalue weighted by molar-refractivity contribution is 8.00. The predicted molar refractivity (Wildman–Crippen MR) is 64.1 cm³/mol. The first-order valence-electron chi connectivity index (χ1n) is 5.93. The molecule has 0 radical (unpaired) electrons. The third-order valence-corrected chi connectivity index (χ3v) is 4.39. The molecule has 0 aromatic carbocycles. The van der Waals surface area contributed by atoms with Crippen LogP contribution in [-0.2, 0) is 4.79 Å². The van der Waals surface area contributed by atoms with E-state index in [9.17, 15) is 4.79 Å². The maximum atomic E-state index is 11.5. The van der Waals surface area contributed by atoms with E-state index in [4.69, 9.17) is 0 Å². The number of piperidine rings is 1. The van der Waals surface area contributed by atoms with Crippen LogP contribution in [0, 0.1) is 5.92 Å². The molecule has 1 aliphatic heterocycles. The zero-order chi connectivity index (χ0) is 10.5. The Bertz CT molecular complexity index is 213. The lowest BCUT2D eigenvalue weighted by Crippen LogP contribution is -2.32. The Labute approximate surface area is 95.8 Å². The highest BCUT2D eigenvalue weighted by Crippen LogP contribution is 2.27. The van der Waals surface area contributed by atoms with E-state index in [1.54, 1.807) is 0 Å². The summed E-state index contributed by atoms with van der Waals surface area (Å²) in [7, 11) is 0. The van der Waals surface area contributed by atoms with Gasteiger partial charge in [0.25, 0.3) is 0 Å². The molecule has 2 fully saturated rings. The molecule has 0 aromatic rings. The average molecular weight is 228 g/mol. The predicted octanol–water partition coefficient (Wildman–Crippen LogP) is 0.998. The van der Waals surface area contributed by atoms with Crippen LogP contribution in [0.4, 0.5) is 0 Å². The minimum absolute atomic E-state index is 0.227. The summed E-state index contributed by atoms with van der Waals surface area (Å²) in [5.41, 5.74) is 0. The first-order chi connectivity index (χ1) is 7.34. The van der Waals surface area contributed by atoms with Crippen molar-refractivity contribution in [1.29, 1.82) is 0 Å². The Hall–Kier alpha value is -0.220. The Morgan fingerprint density at radius 2 is 2.00 bits per heavy atom. The lowest BCUT2D eigenvalue weighted by atomic mass is 10.2. The number of carbonyl (C=O) groups is 1. The van der Waals surface area contributed by atoms with E-state index in [2.05, 4.69) is 10.6 Å². The summed E-state index contributed by atoms with van der Waals surface area (Å²) in [6.45, 7) is 3.13. The number of rotatable bonds is 5. The van der Waals surface area contributed by atoms with Crippen molar-refractivity contribution < 1.29 is 4.79 Å². The summed E-state index contributed by atoms with van der Waals surface area (Å²) in [5, 5.41) is 7.04. The molecule has 3 nitrogen and oxygen atoms in total. The molecule has 0 atom stereocenters. The molecule has 15 heavy (non-hydrogen) atoms. The molecule has 1 heterocycles. The molecule has 4 heteroatoms. The lowest BCUT2D eigenvalue weighted by molar-refractivity contribution is -0.118. The summed E-state index contributed by atoms with van der Waals surface area (Å²) in [6.07, 6.45) is 5.03. The first-order valence-corrected chi connectivity index (χ1v) is 6.98. The number of hydrogen-bond donors (Lipinski definition) is 2. The Morgan fingerprint density at radius 3 is 2.67 bits per heavy atom. The van der Waals surface area contributed by atoms with Crippen LogP contribution in [0.25, 0.3) is 0 Å². The van der Waals surface area contributed by atoms with Crippen molar-refractivity contribution in [1.82, 2.24) is 10.6 Å². The molecule has 2 aliphatic rings. The monoisotopic (exact) mass is 228 g/mol. The van der Waals surface area contributed by atoms with Gasteiger partial charge >= 0.3 is 0 Å². The molecule has 1 saturated carbocycles. The normalized spacial score (nSPS) is 22.7. The summed E-state index contributed by atoms with van der Waals surface area (Å²) < 4.78 is 0.